The average Bonchev–Trinajstić information content (AvgIpc) is 3.20. The highest BCUT2D eigenvalue weighted by molar-refractivity contribution is 5.95. The first kappa shape index (κ1) is 18.8. The number of hydrogen-bond acceptors (Lipinski definition) is 5. The lowest BCUT2D eigenvalue weighted by molar-refractivity contribution is 0.0858. The molecule has 3 N–H and O–H groups in total. The molecular weight excluding hydrogens is 346 g/mol. The molecule has 27 heavy (non-hydrogen) atoms. The van der Waals surface area contributed by atoms with Crippen LogP contribution < -0.4 is 16.0 Å². The molecular formula is C19H23N5O3. The summed E-state index contributed by atoms with van der Waals surface area (Å²) >= 11 is 0. The Morgan fingerprint density at radius 2 is 1.96 bits per heavy atom. The second-order valence-corrected chi connectivity index (χ2v) is 6.38. The Kier molecular flexibility index (Phi) is 6.32. The van der Waals surface area contributed by atoms with Crippen molar-refractivity contribution in [2.75, 3.05) is 18.5 Å². The summed E-state index contributed by atoms with van der Waals surface area (Å²) in [7, 11) is 0. The molecule has 8 nitrogen and oxygen atoms in total. The van der Waals surface area contributed by atoms with Gasteiger partial charge in [-0.2, -0.15) is 0 Å². The second kappa shape index (κ2) is 9.09. The third-order valence-electron chi connectivity index (χ3n) is 4.18. The van der Waals surface area contributed by atoms with E-state index >= 15 is 0 Å². The Hall–Kier alpha value is -3.00. The van der Waals surface area contributed by atoms with E-state index in [1.54, 1.807) is 36.7 Å². The molecule has 1 saturated heterocycles. The van der Waals surface area contributed by atoms with Crippen LogP contribution in [0.5, 0.6) is 0 Å². The summed E-state index contributed by atoms with van der Waals surface area (Å²) in [4.78, 5) is 32.4. The van der Waals surface area contributed by atoms with Gasteiger partial charge in [-0.3, -0.25) is 14.8 Å². The Morgan fingerprint density at radius 1 is 1.15 bits per heavy atom. The minimum Gasteiger partial charge on any atom is -0.376 e. The zero-order valence-electron chi connectivity index (χ0n) is 15.2. The minimum atomic E-state index is -0.354. The van der Waals surface area contributed by atoms with Crippen molar-refractivity contribution in [3.05, 3.63) is 53.6 Å². The van der Waals surface area contributed by atoms with E-state index in [4.69, 9.17) is 4.74 Å². The molecule has 1 aliphatic rings. The van der Waals surface area contributed by atoms with Crippen LogP contribution in [-0.2, 0) is 11.3 Å². The molecule has 1 fully saturated rings. The molecule has 3 rings (SSSR count). The van der Waals surface area contributed by atoms with Crippen molar-refractivity contribution in [2.45, 2.75) is 32.4 Å². The molecule has 0 bridgehead atoms. The van der Waals surface area contributed by atoms with Gasteiger partial charge in [0, 0.05) is 30.6 Å². The van der Waals surface area contributed by atoms with E-state index in [0.29, 0.717) is 23.5 Å². The maximum Gasteiger partial charge on any atom is 0.319 e. The first-order valence-corrected chi connectivity index (χ1v) is 8.92. The lowest BCUT2D eigenvalue weighted by Gasteiger charge is -2.11. The van der Waals surface area contributed by atoms with Crippen molar-refractivity contribution in [1.82, 2.24) is 20.6 Å². The van der Waals surface area contributed by atoms with Gasteiger partial charge in [-0.1, -0.05) is 0 Å². The third kappa shape index (κ3) is 5.75. The van der Waals surface area contributed by atoms with Crippen LogP contribution in [0.25, 0.3) is 0 Å². The fourth-order valence-electron chi connectivity index (χ4n) is 2.68. The fourth-order valence-corrected chi connectivity index (χ4v) is 2.68. The zero-order valence-corrected chi connectivity index (χ0v) is 15.2. The predicted octanol–water partition coefficient (Wildman–Crippen LogP) is 2.02. The average molecular weight is 369 g/mol. The van der Waals surface area contributed by atoms with Gasteiger partial charge in [0.25, 0.3) is 5.91 Å². The number of urea groups is 1. The number of aryl methyl sites for hydroxylation is 1. The van der Waals surface area contributed by atoms with E-state index in [2.05, 4.69) is 25.9 Å². The monoisotopic (exact) mass is 369 g/mol. The highest BCUT2D eigenvalue weighted by atomic mass is 16.5. The van der Waals surface area contributed by atoms with E-state index in [1.807, 2.05) is 6.92 Å². The minimum absolute atomic E-state index is 0.108. The van der Waals surface area contributed by atoms with Crippen molar-refractivity contribution in [1.29, 1.82) is 0 Å². The molecule has 1 atom stereocenters. The first-order valence-electron chi connectivity index (χ1n) is 8.92. The highest BCUT2D eigenvalue weighted by Crippen LogP contribution is 2.12. The normalized spacial score (nSPS) is 16.0. The number of nitrogens with zero attached hydrogens (tertiary/aromatic N) is 2. The lowest BCUT2D eigenvalue weighted by atomic mass is 10.2. The van der Waals surface area contributed by atoms with Crippen molar-refractivity contribution in [2.24, 2.45) is 0 Å². The third-order valence-corrected chi connectivity index (χ3v) is 4.18. The molecule has 0 radical (unpaired) electrons. The number of carbonyl (C=O) groups excluding carboxylic acids is 2. The molecule has 0 unspecified atom stereocenters. The maximum absolute atomic E-state index is 12.1. The van der Waals surface area contributed by atoms with Gasteiger partial charge in [0.1, 0.15) is 0 Å². The van der Waals surface area contributed by atoms with Crippen molar-refractivity contribution in [3.8, 4) is 0 Å². The van der Waals surface area contributed by atoms with E-state index in [0.717, 1.165) is 25.1 Å². The van der Waals surface area contributed by atoms with E-state index in [9.17, 15) is 9.59 Å². The quantitative estimate of drug-likeness (QED) is 0.722. The lowest BCUT2D eigenvalue weighted by Crippen LogP contribution is -2.31. The summed E-state index contributed by atoms with van der Waals surface area (Å²) in [6.07, 6.45) is 5.40. The number of anilines is 1. The molecule has 0 saturated carbocycles. The van der Waals surface area contributed by atoms with Crippen LogP contribution in [0.15, 0.2) is 36.7 Å². The Labute approximate surface area is 157 Å². The molecule has 2 aromatic rings. The summed E-state index contributed by atoms with van der Waals surface area (Å²) in [5.74, 6) is -0.153. The van der Waals surface area contributed by atoms with Gasteiger partial charge in [-0.15, -0.1) is 0 Å². The van der Waals surface area contributed by atoms with Gasteiger partial charge in [0.15, 0.2) is 0 Å². The SMILES string of the molecule is Cc1cnc(CNC(=O)Nc2ccc(C(=O)NC[C@@H]3CCCO3)cc2)cn1. The van der Waals surface area contributed by atoms with Crippen LogP contribution in [0, 0.1) is 6.92 Å². The number of nitrogens with one attached hydrogen (secondary N) is 3. The molecule has 0 spiro atoms. The molecule has 142 valence electrons. The topological polar surface area (TPSA) is 105 Å². The smallest absolute Gasteiger partial charge is 0.319 e. The van der Waals surface area contributed by atoms with Gasteiger partial charge in [-0.05, 0) is 44.0 Å². The number of carbonyl (C=O) groups is 2. The second-order valence-electron chi connectivity index (χ2n) is 6.38. The van der Waals surface area contributed by atoms with Crippen LogP contribution in [0.2, 0.25) is 0 Å². The van der Waals surface area contributed by atoms with E-state index < -0.39 is 0 Å². The summed E-state index contributed by atoms with van der Waals surface area (Å²) in [5.41, 5.74) is 2.63. The summed E-state index contributed by atoms with van der Waals surface area (Å²) < 4.78 is 5.49. The molecule has 0 aliphatic carbocycles. The van der Waals surface area contributed by atoms with Crippen LogP contribution in [0.4, 0.5) is 10.5 Å². The van der Waals surface area contributed by atoms with Crippen LogP contribution in [-0.4, -0.2) is 41.2 Å². The number of hydrogen-bond donors (Lipinski definition) is 3. The fraction of sp³-hybridized carbons (Fsp3) is 0.368. The summed E-state index contributed by atoms with van der Waals surface area (Å²) in [6.45, 7) is 3.41. The van der Waals surface area contributed by atoms with Gasteiger partial charge in [0.05, 0.1) is 30.2 Å². The summed E-state index contributed by atoms with van der Waals surface area (Å²) in [6, 6.07) is 6.36. The van der Waals surface area contributed by atoms with E-state index in [-0.39, 0.29) is 24.6 Å². The Bertz CT molecular complexity index is 771. The van der Waals surface area contributed by atoms with Gasteiger partial charge in [-0.25, -0.2) is 4.79 Å². The first-order chi connectivity index (χ1) is 13.1. The number of amides is 3. The maximum atomic E-state index is 12.1. The predicted molar refractivity (Wildman–Crippen MR) is 100 cm³/mol. The number of rotatable bonds is 6. The van der Waals surface area contributed by atoms with Crippen LogP contribution in [0.1, 0.15) is 34.6 Å². The van der Waals surface area contributed by atoms with Gasteiger partial charge < -0.3 is 20.7 Å². The standard InChI is InChI=1S/C19H23N5O3/c1-13-9-21-16(10-20-13)11-23-19(26)24-15-6-4-14(5-7-15)18(25)22-12-17-3-2-8-27-17/h4-7,9-10,17H,2-3,8,11-12H2,1H3,(H,22,25)(H2,23,24,26)/t17-/m0/s1. The van der Waals surface area contributed by atoms with Crippen molar-refractivity contribution < 1.29 is 14.3 Å². The Balaban J connectivity index is 1.44. The largest absolute Gasteiger partial charge is 0.376 e. The molecule has 1 aliphatic heterocycles. The van der Waals surface area contributed by atoms with Crippen LogP contribution >= 0.6 is 0 Å². The molecule has 2 heterocycles. The van der Waals surface area contributed by atoms with E-state index in [1.165, 1.54) is 0 Å². The number of ether oxygens (including phenoxy) is 1. The molecule has 3 amide bonds. The molecule has 8 heteroatoms. The van der Waals surface area contributed by atoms with Crippen LogP contribution in [0.3, 0.4) is 0 Å². The molecule has 1 aromatic heterocycles. The number of benzene rings is 1. The van der Waals surface area contributed by atoms with Gasteiger partial charge >= 0.3 is 6.03 Å². The van der Waals surface area contributed by atoms with Crippen molar-refractivity contribution in [3.63, 3.8) is 0 Å². The van der Waals surface area contributed by atoms with Crippen molar-refractivity contribution >= 4 is 17.6 Å². The van der Waals surface area contributed by atoms with Gasteiger partial charge in [0.2, 0.25) is 0 Å². The highest BCUT2D eigenvalue weighted by Gasteiger charge is 2.16. The molecule has 1 aromatic carbocycles. The Morgan fingerprint density at radius 3 is 2.63 bits per heavy atom. The zero-order chi connectivity index (χ0) is 19.1. The summed E-state index contributed by atoms with van der Waals surface area (Å²) in [5, 5.41) is 8.29. The number of aromatic nitrogens is 2.